The number of aliphatic hydroxyl groups excluding tert-OH is 2. The zero-order valence-corrected chi connectivity index (χ0v) is 40.8. The second-order valence-electron chi connectivity index (χ2n) is 18.0. The Morgan fingerprint density at radius 2 is 1.68 bits per heavy atom. The van der Waals surface area contributed by atoms with Gasteiger partial charge in [-0.1, -0.05) is 69.6 Å². The summed E-state index contributed by atoms with van der Waals surface area (Å²) in [7, 11) is 0. The molecule has 0 saturated carbocycles. The van der Waals surface area contributed by atoms with E-state index in [0.29, 0.717) is 33.7 Å². The van der Waals surface area contributed by atoms with Gasteiger partial charge in [-0.05, 0) is 47.4 Å². The summed E-state index contributed by atoms with van der Waals surface area (Å²) in [6.07, 6.45) is -1.63. The van der Waals surface area contributed by atoms with E-state index < -0.39 is 121 Å². The highest BCUT2D eigenvalue weighted by molar-refractivity contribution is 7.99. The van der Waals surface area contributed by atoms with Gasteiger partial charge < -0.3 is 67.6 Å². The number of carbonyl (C=O) groups is 8. The lowest BCUT2D eigenvalue weighted by Crippen LogP contribution is -2.58. The van der Waals surface area contributed by atoms with Crippen LogP contribution in [0.2, 0.25) is 0 Å². The molecule has 23 nitrogen and oxygen atoms in total. The zero-order chi connectivity index (χ0) is 51.9. The van der Waals surface area contributed by atoms with E-state index >= 15 is 0 Å². The fraction of sp³-hybridized carbons (Fsp3) is 0.532. The van der Waals surface area contributed by atoms with Gasteiger partial charge >= 0.3 is 5.97 Å². The summed E-state index contributed by atoms with van der Waals surface area (Å²) in [5.74, 6) is -8.35. The molecule has 0 unspecified atom stereocenters. The molecule has 1 aromatic heterocycles. The Morgan fingerprint density at radius 1 is 0.986 bits per heavy atom. The Kier molecular flexibility index (Phi) is 20.3. The third-order valence-corrected chi connectivity index (χ3v) is 14.0. The fourth-order valence-corrected chi connectivity index (χ4v) is 9.22. The molecule has 10 atom stereocenters. The van der Waals surface area contributed by atoms with Crippen molar-refractivity contribution in [1.82, 2.24) is 41.8 Å². The number of hydrogen-bond donors (Lipinski definition) is 11. The number of ether oxygens (including phenoxy) is 1. The second kappa shape index (κ2) is 26.0. The van der Waals surface area contributed by atoms with Crippen LogP contribution in [0.5, 0.6) is 5.75 Å². The number of benzene rings is 2. The van der Waals surface area contributed by atoms with Crippen molar-refractivity contribution in [2.75, 3.05) is 38.5 Å². The van der Waals surface area contributed by atoms with Crippen LogP contribution < -0.4 is 42.4 Å². The Balaban J connectivity index is 1.58. The van der Waals surface area contributed by atoms with Crippen LogP contribution in [0.15, 0.2) is 58.7 Å². The minimum Gasteiger partial charge on any atom is -0.489 e. The Morgan fingerprint density at radius 3 is 2.34 bits per heavy atom. The number of aromatic nitrogens is 1. The number of amides is 7. The molecule has 3 aromatic rings. The smallest absolute Gasteiger partial charge is 0.326 e. The van der Waals surface area contributed by atoms with Crippen molar-refractivity contribution in [3.05, 3.63) is 64.6 Å². The number of β-amino-alcohol motifs (C(OH)–C–C–N with tert-alkyl or cyclic N) is 1. The van der Waals surface area contributed by atoms with Crippen LogP contribution in [0.25, 0.3) is 10.9 Å². The van der Waals surface area contributed by atoms with E-state index in [1.807, 2.05) is 30.3 Å². The number of nitrogens with zero attached hydrogens (tertiary/aromatic N) is 2. The number of H-pyrrole nitrogens is 1. The van der Waals surface area contributed by atoms with Crippen molar-refractivity contribution >= 4 is 70.0 Å². The van der Waals surface area contributed by atoms with Gasteiger partial charge in [-0.2, -0.15) is 4.91 Å². The fourth-order valence-electron chi connectivity index (χ4n) is 8.10. The number of carboxylic acid groups (broad SMARTS) is 1. The van der Waals surface area contributed by atoms with Gasteiger partial charge in [0.1, 0.15) is 42.6 Å². The van der Waals surface area contributed by atoms with Crippen LogP contribution >= 0.6 is 11.8 Å². The van der Waals surface area contributed by atoms with Gasteiger partial charge in [0.2, 0.25) is 41.4 Å². The molecule has 1 fully saturated rings. The Bertz CT molecular complexity index is 2410. The molecule has 0 radical (unpaired) electrons. The first-order chi connectivity index (χ1) is 33.8. The number of thioether (sulfide) groups is 1. The van der Waals surface area contributed by atoms with Gasteiger partial charge in [0.25, 0.3) is 0 Å². The average Bonchev–Trinajstić information content (AvgIpc) is 3.93. The summed E-state index contributed by atoms with van der Waals surface area (Å²) in [5.41, 5.74) is 8.22. The first-order valence-electron chi connectivity index (χ1n) is 23.4. The number of aliphatic hydroxyl groups is 2. The van der Waals surface area contributed by atoms with Gasteiger partial charge in [0, 0.05) is 43.2 Å². The Labute approximate surface area is 413 Å². The third kappa shape index (κ3) is 14.9. The number of aliphatic carboxylic acids is 1. The molecule has 0 spiro atoms. The van der Waals surface area contributed by atoms with Crippen molar-refractivity contribution < 1.29 is 58.4 Å². The maximum atomic E-state index is 14.4. The number of nitroso groups, excluding NO2 is 1. The number of hydrogen-bond acceptors (Lipinski definition) is 15. The van der Waals surface area contributed by atoms with Crippen molar-refractivity contribution in [1.29, 1.82) is 0 Å². The van der Waals surface area contributed by atoms with Crippen molar-refractivity contribution in [2.45, 2.75) is 107 Å². The highest BCUT2D eigenvalue weighted by Gasteiger charge is 2.42. The van der Waals surface area contributed by atoms with E-state index in [-0.39, 0.29) is 50.7 Å². The van der Waals surface area contributed by atoms with Gasteiger partial charge in [0.05, 0.1) is 42.3 Å². The van der Waals surface area contributed by atoms with Gasteiger partial charge in [-0.3, -0.25) is 33.6 Å². The molecule has 12 N–H and O–H groups in total. The first kappa shape index (κ1) is 55.3. The molecule has 7 amide bonds. The summed E-state index contributed by atoms with van der Waals surface area (Å²) in [6, 6.07) is 6.36. The van der Waals surface area contributed by atoms with Crippen LogP contribution in [-0.2, 0) is 51.4 Å². The van der Waals surface area contributed by atoms with Crippen molar-refractivity contribution in [2.24, 2.45) is 28.7 Å². The van der Waals surface area contributed by atoms with Crippen LogP contribution in [0.1, 0.15) is 58.1 Å². The monoisotopic (exact) mass is 1010 g/mol. The van der Waals surface area contributed by atoms with Crippen LogP contribution in [0.4, 0.5) is 0 Å². The molecule has 2 aliphatic rings. The molecular formula is C47H64N10O13S. The van der Waals surface area contributed by atoms with Crippen molar-refractivity contribution in [3.63, 3.8) is 0 Å². The van der Waals surface area contributed by atoms with Crippen molar-refractivity contribution in [3.8, 4) is 5.75 Å². The summed E-state index contributed by atoms with van der Waals surface area (Å²) < 4.78 is 6.10. The lowest BCUT2D eigenvalue weighted by molar-refractivity contribution is -0.149. The average molecular weight is 1010 g/mol. The first-order valence-corrected chi connectivity index (χ1v) is 24.4. The SMILES string of the molecule is CC[C@H](C)[C@@H]1NC(=O)CNC(=O)[C@@H](NC(=O)[C@@H](N)[C@@H](C)[C@@H](C)CO)Cc2c([nH]c3cc(OCc4ccccc4)ccc23)SC[C@@H](C(=O)N[C@@H](CCN=O)C(=O)N2C[C@H](O)C[C@H]2C(=O)O)NC(=O)CNC1=O. The number of carboxylic acids is 1. The third-order valence-electron chi connectivity index (χ3n) is 12.9. The predicted octanol–water partition coefficient (Wildman–Crippen LogP) is -0.592. The number of nitrogens with one attached hydrogen (secondary N) is 7. The summed E-state index contributed by atoms with van der Waals surface area (Å²) >= 11 is 1.01. The molecule has 0 aliphatic carbocycles. The van der Waals surface area contributed by atoms with E-state index in [0.717, 1.165) is 22.2 Å². The number of fused-ring (bicyclic) bond motifs is 3. The molecule has 5 rings (SSSR count). The number of carbonyl (C=O) groups excluding carboxylic acids is 7. The number of aromatic amines is 1. The maximum Gasteiger partial charge on any atom is 0.326 e. The largest absolute Gasteiger partial charge is 0.489 e. The van der Waals surface area contributed by atoms with Gasteiger partial charge in [-0.25, -0.2) is 4.79 Å². The van der Waals surface area contributed by atoms with E-state index in [1.165, 1.54) is 0 Å². The molecule has 3 heterocycles. The van der Waals surface area contributed by atoms with E-state index in [9.17, 15) is 58.6 Å². The summed E-state index contributed by atoms with van der Waals surface area (Å²) in [6.45, 7) is 4.73. The zero-order valence-electron chi connectivity index (χ0n) is 40.0. The molecule has 1 saturated heterocycles. The molecule has 0 bridgehead atoms. The molecule has 386 valence electrons. The predicted molar refractivity (Wildman–Crippen MR) is 259 cm³/mol. The second-order valence-corrected chi connectivity index (χ2v) is 19.0. The molecule has 2 aromatic carbocycles. The molecule has 2 aliphatic heterocycles. The van der Waals surface area contributed by atoms with Gasteiger partial charge in [0.15, 0.2) is 0 Å². The van der Waals surface area contributed by atoms with Crippen LogP contribution in [0.3, 0.4) is 0 Å². The van der Waals surface area contributed by atoms with E-state index in [2.05, 4.69) is 42.1 Å². The normalized spacial score (nSPS) is 22.6. The minimum atomic E-state index is -1.53. The topological polar surface area (TPSA) is 353 Å². The quantitative estimate of drug-likeness (QED) is 0.0753. The summed E-state index contributed by atoms with van der Waals surface area (Å²) in [4.78, 5) is 124. The molecule has 24 heteroatoms. The lowest BCUT2D eigenvalue weighted by Gasteiger charge is -2.28. The highest BCUT2D eigenvalue weighted by Crippen LogP contribution is 2.34. The molecule has 71 heavy (non-hydrogen) atoms. The van der Waals surface area contributed by atoms with E-state index in [1.54, 1.807) is 45.9 Å². The Hall–Kier alpha value is -6.63. The van der Waals surface area contributed by atoms with Crippen LogP contribution in [0, 0.1) is 22.7 Å². The number of rotatable bonds is 17. The maximum absolute atomic E-state index is 14.4. The summed E-state index contributed by atoms with van der Waals surface area (Å²) in [5, 5.41) is 49.1. The molecular weight excluding hydrogens is 945 g/mol. The standard InChI is InChI=1S/C47H64N10O13S/c1-5-24(2)40-44(65)50-18-37(60)52-35(42(63)53-32(13-14-51-69)46(66)57-20-28(59)15-36(57)47(67)68)23-71-45-31(30-12-11-29(16-33(30)55-45)70-22-27-9-7-6-8-10-27)17-34(41(62)49-19-38(61)56-40)54-43(64)39(48)26(4)25(3)21-58/h6-12,16,24-26,28,32,34-36,39-40,55,58-59H,5,13-15,17-23,48H2,1-4H3,(H,49,62)(H,50,65)(H,52,60)(H,53,63)(H,54,64)(H,56,61)(H,67,68)/t24-,25-,26-,28+,32-,34-,35-,36-,39-,40-/m0/s1. The van der Waals surface area contributed by atoms with E-state index in [4.69, 9.17) is 10.5 Å². The van der Waals surface area contributed by atoms with Crippen LogP contribution in [-0.4, -0.2) is 153 Å². The minimum absolute atomic E-state index is 0.230. The highest BCUT2D eigenvalue weighted by atomic mass is 32.2. The lowest BCUT2D eigenvalue weighted by atomic mass is 9.89. The number of likely N-dealkylation sites (tertiary alicyclic amines) is 1. The number of nitrogens with two attached hydrogens (primary N) is 1. The van der Waals surface area contributed by atoms with Gasteiger partial charge in [-0.15, -0.1) is 11.8 Å².